The fourth-order valence-corrected chi connectivity index (χ4v) is 2.13. The van der Waals surface area contributed by atoms with Crippen LogP contribution in [0.25, 0.3) is 0 Å². The van der Waals surface area contributed by atoms with Gasteiger partial charge in [-0.2, -0.15) is 0 Å². The topological polar surface area (TPSA) is 30.5 Å². The minimum Gasteiger partial charge on any atom is -0.496 e. The van der Waals surface area contributed by atoms with Gasteiger partial charge < -0.3 is 14.8 Å². The molecule has 1 rings (SSSR count). The van der Waals surface area contributed by atoms with E-state index in [2.05, 4.69) is 42.0 Å². The average molecular weight is 348 g/mol. The average Bonchev–Trinajstić information content (AvgIpc) is 2.36. The molecule has 0 heterocycles. The molecule has 20 heavy (non-hydrogen) atoms. The maximum Gasteiger partial charge on any atom is 0.141 e. The fourth-order valence-electron chi connectivity index (χ4n) is 1.74. The lowest BCUT2D eigenvalue weighted by Crippen LogP contribution is -2.38. The molecule has 114 valence electrons. The third-order valence-electron chi connectivity index (χ3n) is 2.74. The summed E-state index contributed by atoms with van der Waals surface area (Å²) in [5.41, 5.74) is 1.04. The quantitative estimate of drug-likeness (QED) is 0.765. The maximum atomic E-state index is 13.4. The molecule has 0 amide bonds. The first-order chi connectivity index (χ1) is 9.33. The predicted octanol–water partition coefficient (Wildman–Crippen LogP) is 3.54. The van der Waals surface area contributed by atoms with Gasteiger partial charge in [0.1, 0.15) is 11.6 Å². The van der Waals surface area contributed by atoms with Crippen LogP contribution < -0.4 is 10.1 Å². The molecule has 0 atom stereocenters. The van der Waals surface area contributed by atoms with Gasteiger partial charge in [-0.15, -0.1) is 0 Å². The molecule has 0 unspecified atom stereocenters. The second kappa shape index (κ2) is 7.96. The lowest BCUT2D eigenvalue weighted by Gasteiger charge is -2.20. The van der Waals surface area contributed by atoms with Crippen LogP contribution in [0.3, 0.4) is 0 Å². The van der Waals surface area contributed by atoms with E-state index in [0.717, 1.165) is 12.1 Å². The first kappa shape index (κ1) is 17.4. The predicted molar refractivity (Wildman–Crippen MR) is 82.9 cm³/mol. The monoisotopic (exact) mass is 347 g/mol. The van der Waals surface area contributed by atoms with Gasteiger partial charge in [-0.05, 0) is 54.8 Å². The summed E-state index contributed by atoms with van der Waals surface area (Å²) in [4.78, 5) is 0. The Hall–Kier alpha value is -0.650. The zero-order chi connectivity index (χ0) is 15.2. The molecule has 0 aromatic heterocycles. The van der Waals surface area contributed by atoms with Crippen LogP contribution in [0.4, 0.5) is 4.39 Å². The minimum absolute atomic E-state index is 0.106. The molecule has 0 bridgehead atoms. The zero-order valence-electron chi connectivity index (χ0n) is 12.6. The Labute approximate surface area is 129 Å². The summed E-state index contributed by atoms with van der Waals surface area (Å²) >= 11 is 3.18. The third-order valence-corrected chi connectivity index (χ3v) is 3.35. The number of hydrogen-bond donors (Lipinski definition) is 1. The van der Waals surface area contributed by atoms with E-state index in [1.54, 1.807) is 13.2 Å². The van der Waals surface area contributed by atoms with Crippen LogP contribution in [-0.4, -0.2) is 32.4 Å². The van der Waals surface area contributed by atoms with Crippen molar-refractivity contribution in [2.75, 3.05) is 26.9 Å². The van der Waals surface area contributed by atoms with Crippen LogP contribution in [0.1, 0.15) is 26.3 Å². The zero-order valence-corrected chi connectivity index (χ0v) is 14.1. The van der Waals surface area contributed by atoms with E-state index in [1.165, 1.54) is 6.07 Å². The van der Waals surface area contributed by atoms with Crippen molar-refractivity contribution in [3.05, 3.63) is 28.0 Å². The maximum absolute atomic E-state index is 13.4. The molecular weight excluding hydrogens is 325 g/mol. The van der Waals surface area contributed by atoms with E-state index in [9.17, 15) is 4.39 Å². The fraction of sp³-hybridized carbons (Fsp3) is 0.600. The van der Waals surface area contributed by atoms with E-state index in [-0.39, 0.29) is 11.4 Å². The van der Waals surface area contributed by atoms with Crippen molar-refractivity contribution in [1.29, 1.82) is 0 Å². The largest absolute Gasteiger partial charge is 0.496 e. The van der Waals surface area contributed by atoms with Gasteiger partial charge >= 0.3 is 0 Å². The van der Waals surface area contributed by atoms with Crippen LogP contribution in [0, 0.1) is 5.82 Å². The Morgan fingerprint density at radius 3 is 2.55 bits per heavy atom. The van der Waals surface area contributed by atoms with Crippen LogP contribution in [0.5, 0.6) is 5.75 Å². The van der Waals surface area contributed by atoms with Gasteiger partial charge in [0.15, 0.2) is 0 Å². The second-order valence-corrected chi connectivity index (χ2v) is 6.47. The molecule has 3 nitrogen and oxygen atoms in total. The first-order valence-corrected chi connectivity index (χ1v) is 7.47. The summed E-state index contributed by atoms with van der Waals surface area (Å²) in [5, 5.41) is 3.35. The Kier molecular flexibility index (Phi) is 6.92. The van der Waals surface area contributed by atoms with Crippen molar-refractivity contribution in [1.82, 2.24) is 5.32 Å². The molecule has 1 aromatic rings. The highest BCUT2D eigenvalue weighted by molar-refractivity contribution is 9.10. The van der Waals surface area contributed by atoms with E-state index in [1.807, 2.05) is 0 Å². The van der Waals surface area contributed by atoms with Gasteiger partial charge in [-0.25, -0.2) is 4.39 Å². The summed E-state index contributed by atoms with van der Waals surface area (Å²) in [6.07, 6.45) is 0.692. The van der Waals surface area contributed by atoms with Crippen molar-refractivity contribution in [2.24, 2.45) is 0 Å². The summed E-state index contributed by atoms with van der Waals surface area (Å²) in [6, 6.07) is 3.13. The molecule has 0 radical (unpaired) electrons. The van der Waals surface area contributed by atoms with Crippen molar-refractivity contribution in [2.45, 2.75) is 32.7 Å². The Balaban J connectivity index is 2.37. The van der Waals surface area contributed by atoms with E-state index in [0.29, 0.717) is 29.9 Å². The number of benzene rings is 1. The minimum atomic E-state index is -0.319. The van der Waals surface area contributed by atoms with Crippen LogP contribution in [0.15, 0.2) is 16.6 Å². The highest BCUT2D eigenvalue weighted by atomic mass is 79.9. The van der Waals surface area contributed by atoms with Crippen molar-refractivity contribution < 1.29 is 13.9 Å². The van der Waals surface area contributed by atoms with E-state index in [4.69, 9.17) is 9.47 Å². The van der Waals surface area contributed by atoms with Gasteiger partial charge in [0.2, 0.25) is 0 Å². The molecule has 0 aliphatic carbocycles. The van der Waals surface area contributed by atoms with Gasteiger partial charge in [-0.3, -0.25) is 0 Å². The van der Waals surface area contributed by atoms with E-state index >= 15 is 0 Å². The summed E-state index contributed by atoms with van der Waals surface area (Å²) < 4.78 is 24.6. The Morgan fingerprint density at radius 2 is 1.95 bits per heavy atom. The van der Waals surface area contributed by atoms with Gasteiger partial charge in [0, 0.05) is 18.2 Å². The van der Waals surface area contributed by atoms with Crippen LogP contribution in [0.2, 0.25) is 0 Å². The molecule has 5 heteroatoms. The van der Waals surface area contributed by atoms with Gasteiger partial charge in [-0.1, -0.05) is 0 Å². The van der Waals surface area contributed by atoms with Crippen molar-refractivity contribution in [3.8, 4) is 5.75 Å². The molecule has 0 saturated carbocycles. The number of hydrogen-bond acceptors (Lipinski definition) is 3. The Bertz CT molecular complexity index is 433. The Morgan fingerprint density at radius 1 is 1.25 bits per heavy atom. The molecule has 0 aliphatic heterocycles. The number of halogens is 2. The third kappa shape index (κ3) is 6.20. The molecule has 0 spiro atoms. The van der Waals surface area contributed by atoms with Crippen molar-refractivity contribution >= 4 is 15.9 Å². The molecule has 1 aromatic carbocycles. The lowest BCUT2D eigenvalue weighted by atomic mass is 10.1. The molecule has 0 saturated heterocycles. The van der Waals surface area contributed by atoms with Gasteiger partial charge in [0.05, 0.1) is 24.8 Å². The van der Waals surface area contributed by atoms with Crippen LogP contribution >= 0.6 is 15.9 Å². The standard InChI is InChI=1S/C15H23BrFNO2/c1-15(2,3)18-6-8-20-7-5-11-9-12(16)13(17)10-14(11)19-4/h9-10,18H,5-8H2,1-4H3. The SMILES string of the molecule is COc1cc(F)c(Br)cc1CCOCCNC(C)(C)C. The molecule has 1 N–H and O–H groups in total. The number of nitrogens with one attached hydrogen (secondary N) is 1. The number of rotatable bonds is 7. The highest BCUT2D eigenvalue weighted by Gasteiger charge is 2.09. The second-order valence-electron chi connectivity index (χ2n) is 5.62. The van der Waals surface area contributed by atoms with E-state index < -0.39 is 0 Å². The molecule has 0 aliphatic rings. The first-order valence-electron chi connectivity index (χ1n) is 6.68. The van der Waals surface area contributed by atoms with Crippen LogP contribution in [-0.2, 0) is 11.2 Å². The summed E-state index contributed by atoms with van der Waals surface area (Å²) in [7, 11) is 1.54. The molecular formula is C15H23BrFNO2. The number of methoxy groups -OCH3 is 1. The summed E-state index contributed by atoms with van der Waals surface area (Å²) in [5.74, 6) is 0.239. The van der Waals surface area contributed by atoms with Gasteiger partial charge in [0.25, 0.3) is 0 Å². The van der Waals surface area contributed by atoms with Crippen molar-refractivity contribution in [3.63, 3.8) is 0 Å². The summed E-state index contributed by atoms with van der Waals surface area (Å²) in [6.45, 7) is 8.41. The highest BCUT2D eigenvalue weighted by Crippen LogP contribution is 2.26. The number of ether oxygens (including phenoxy) is 2. The smallest absolute Gasteiger partial charge is 0.141 e. The molecule has 0 fully saturated rings. The normalized spacial score (nSPS) is 11.7. The lowest BCUT2D eigenvalue weighted by molar-refractivity contribution is 0.133.